The van der Waals surface area contributed by atoms with E-state index >= 15 is 0 Å². The van der Waals surface area contributed by atoms with Crippen molar-refractivity contribution in [3.8, 4) is 5.75 Å². The number of hydrogen-bond acceptors (Lipinski definition) is 6. The van der Waals surface area contributed by atoms with Crippen LogP contribution in [0.5, 0.6) is 5.75 Å². The Balaban J connectivity index is 1.92. The zero-order chi connectivity index (χ0) is 26.3. The lowest BCUT2D eigenvalue weighted by molar-refractivity contribution is -0.134. The smallest absolute Gasteiger partial charge is 0.226 e. The van der Waals surface area contributed by atoms with E-state index in [-0.39, 0.29) is 17.6 Å². The minimum Gasteiger partial charge on any atom is -0.497 e. The Hall–Kier alpha value is -1.31. The Labute approximate surface area is 215 Å². The minimum atomic E-state index is -1.69. The Morgan fingerprint density at radius 1 is 1.09 bits per heavy atom. The summed E-state index contributed by atoms with van der Waals surface area (Å²) in [5, 5.41) is 14.4. The van der Waals surface area contributed by atoms with E-state index in [1.54, 1.807) is 31.4 Å². The highest BCUT2D eigenvalue weighted by Gasteiger charge is 2.48. The predicted molar refractivity (Wildman–Crippen MR) is 148 cm³/mol. The van der Waals surface area contributed by atoms with Crippen LogP contribution >= 0.6 is 0 Å². The molecule has 2 N–H and O–H groups in total. The monoisotopic (exact) mass is 539 g/mol. The Bertz CT molecular complexity index is 821. The molecule has 0 bridgehead atoms. The van der Waals surface area contributed by atoms with Crippen molar-refractivity contribution in [3.63, 3.8) is 0 Å². The zero-order valence-corrected chi connectivity index (χ0v) is 26.0. The average molecular weight is 540 g/mol. The molecule has 0 spiro atoms. The molecule has 7 nitrogen and oxygen atoms in total. The molecule has 1 saturated carbocycles. The van der Waals surface area contributed by atoms with Gasteiger partial charge in [0.2, 0.25) is 5.91 Å². The fourth-order valence-corrected chi connectivity index (χ4v) is 11.1. The lowest BCUT2D eigenvalue weighted by Crippen LogP contribution is -2.54. The van der Waals surface area contributed by atoms with Crippen LogP contribution in [0.25, 0.3) is 0 Å². The molecule has 1 fully saturated rings. The topological polar surface area (TPSA) is 94.1 Å². The quantitative estimate of drug-likeness (QED) is 0.171. The van der Waals surface area contributed by atoms with Gasteiger partial charge in [-0.05, 0) is 82.8 Å². The molecule has 2 rings (SSSR count). The first kappa shape index (κ1) is 29.9. The third-order valence-corrected chi connectivity index (χ3v) is 10.4. The van der Waals surface area contributed by atoms with Gasteiger partial charge in [-0.25, -0.2) is 0 Å². The first-order chi connectivity index (χ1) is 16.2. The van der Waals surface area contributed by atoms with Crippen molar-refractivity contribution in [1.82, 2.24) is 5.32 Å². The standard InChI is InChI=1S/C25H45NO6Si3/c1-30-20-14-12-19(13-15-20)22(27)25(29)16-9-8-11-21(25)23(28)26-17-10-18-33-24(31-34(2,3)4)32-35(5,6)7/h12-15,21,24,29H,8-11,16-18,33H2,1-7H3,(H,26,28). The van der Waals surface area contributed by atoms with E-state index in [1.807, 2.05) is 0 Å². The highest BCUT2D eigenvalue weighted by Crippen LogP contribution is 2.37. The molecule has 1 aliphatic carbocycles. The second-order valence-corrected chi connectivity index (χ2v) is 22.3. The lowest BCUT2D eigenvalue weighted by atomic mass is 9.71. The van der Waals surface area contributed by atoms with Crippen molar-refractivity contribution >= 4 is 37.8 Å². The fraction of sp³-hybridized carbons (Fsp3) is 0.680. The second-order valence-electron chi connectivity index (χ2n) is 11.5. The number of hydrogen-bond donors (Lipinski definition) is 2. The number of ether oxygens (including phenoxy) is 1. The number of carbonyl (C=O) groups excluding carboxylic acids is 2. The number of rotatable bonds is 13. The summed E-state index contributed by atoms with van der Waals surface area (Å²) in [6.45, 7) is 13.6. The summed E-state index contributed by atoms with van der Waals surface area (Å²) in [6.07, 6.45) is 3.20. The summed E-state index contributed by atoms with van der Waals surface area (Å²) in [5.41, 5.74) is -1.28. The molecule has 1 aromatic rings. The van der Waals surface area contributed by atoms with Gasteiger partial charge in [-0.15, -0.1) is 0 Å². The van der Waals surface area contributed by atoms with Crippen LogP contribution in [0.2, 0.25) is 45.3 Å². The number of nitrogens with one attached hydrogen (secondary N) is 1. The van der Waals surface area contributed by atoms with E-state index in [4.69, 9.17) is 13.6 Å². The summed E-state index contributed by atoms with van der Waals surface area (Å²) < 4.78 is 17.7. The number of ketones is 1. The van der Waals surface area contributed by atoms with Crippen molar-refractivity contribution in [1.29, 1.82) is 0 Å². The molecule has 10 heteroatoms. The zero-order valence-electron chi connectivity index (χ0n) is 22.6. The summed E-state index contributed by atoms with van der Waals surface area (Å²) in [6, 6.07) is 7.69. The average Bonchev–Trinajstić information content (AvgIpc) is 2.76. The van der Waals surface area contributed by atoms with E-state index in [0.29, 0.717) is 30.7 Å². The normalized spacial score (nSPS) is 21.5. The molecule has 1 aromatic carbocycles. The largest absolute Gasteiger partial charge is 0.497 e. The van der Waals surface area contributed by atoms with Gasteiger partial charge in [0.1, 0.15) is 17.3 Å². The molecule has 0 radical (unpaired) electrons. The van der Waals surface area contributed by atoms with Crippen LogP contribution in [0.4, 0.5) is 0 Å². The number of Topliss-reactive ketones (excluding diaryl/α,β-unsaturated/α-hetero) is 1. The van der Waals surface area contributed by atoms with Crippen LogP contribution in [-0.2, 0) is 13.6 Å². The van der Waals surface area contributed by atoms with Crippen molar-refractivity contribution in [2.24, 2.45) is 5.92 Å². The van der Waals surface area contributed by atoms with Crippen LogP contribution in [0.15, 0.2) is 24.3 Å². The Kier molecular flexibility index (Phi) is 10.9. The third-order valence-electron chi connectivity index (χ3n) is 6.07. The van der Waals surface area contributed by atoms with E-state index in [0.717, 1.165) is 25.3 Å². The van der Waals surface area contributed by atoms with Crippen LogP contribution in [0, 0.1) is 5.92 Å². The summed E-state index contributed by atoms with van der Waals surface area (Å²) in [7, 11) is -2.44. The minimum absolute atomic E-state index is 0.0606. The highest BCUT2D eigenvalue weighted by molar-refractivity contribution is 6.71. The molecular weight excluding hydrogens is 495 g/mol. The van der Waals surface area contributed by atoms with Gasteiger partial charge in [0.05, 0.1) is 22.5 Å². The van der Waals surface area contributed by atoms with Gasteiger partial charge < -0.3 is 24.0 Å². The number of aliphatic hydroxyl groups is 1. The Morgan fingerprint density at radius 3 is 2.23 bits per heavy atom. The van der Waals surface area contributed by atoms with E-state index in [9.17, 15) is 14.7 Å². The molecule has 0 aromatic heterocycles. The number of methoxy groups -OCH3 is 1. The van der Waals surface area contributed by atoms with E-state index in [1.165, 1.54) is 0 Å². The van der Waals surface area contributed by atoms with Gasteiger partial charge in [-0.2, -0.15) is 0 Å². The van der Waals surface area contributed by atoms with Crippen LogP contribution in [0.3, 0.4) is 0 Å². The first-order valence-corrected chi connectivity index (χ1v) is 21.4. The molecular formula is C25H45NO6Si3. The van der Waals surface area contributed by atoms with Crippen LogP contribution in [-0.4, -0.2) is 68.1 Å². The van der Waals surface area contributed by atoms with Gasteiger partial charge in [-0.1, -0.05) is 18.9 Å². The van der Waals surface area contributed by atoms with Gasteiger partial charge in [0.25, 0.3) is 0 Å². The van der Waals surface area contributed by atoms with Crippen molar-refractivity contribution in [2.75, 3.05) is 13.7 Å². The molecule has 35 heavy (non-hydrogen) atoms. The number of amides is 1. The molecule has 2 atom stereocenters. The Morgan fingerprint density at radius 2 is 1.69 bits per heavy atom. The summed E-state index contributed by atoms with van der Waals surface area (Å²) in [5.74, 6) is -0.773. The van der Waals surface area contributed by atoms with Gasteiger partial charge >= 0.3 is 0 Å². The van der Waals surface area contributed by atoms with Gasteiger partial charge in [0, 0.05) is 12.1 Å². The molecule has 0 saturated heterocycles. The SMILES string of the molecule is COc1ccc(C(=O)C2(O)CCCCC2C(=O)NCCC[SiH2]C(O[Si](C)(C)C)O[Si](C)(C)C)cc1. The molecule has 0 heterocycles. The lowest BCUT2D eigenvalue weighted by Gasteiger charge is -2.37. The molecule has 1 aliphatic rings. The molecule has 1 amide bonds. The van der Waals surface area contributed by atoms with Crippen molar-refractivity contribution in [2.45, 2.75) is 88.9 Å². The van der Waals surface area contributed by atoms with E-state index in [2.05, 4.69) is 44.6 Å². The number of benzene rings is 1. The molecule has 198 valence electrons. The number of carbonyl (C=O) groups is 2. The van der Waals surface area contributed by atoms with Crippen molar-refractivity contribution < 1.29 is 28.3 Å². The summed E-state index contributed by atoms with van der Waals surface area (Å²) in [4.78, 5) is 26.3. The maximum atomic E-state index is 13.2. The predicted octanol–water partition coefficient (Wildman–Crippen LogP) is 3.88. The highest BCUT2D eigenvalue weighted by atomic mass is 28.4. The molecule has 0 aliphatic heterocycles. The maximum Gasteiger partial charge on any atom is 0.226 e. The third kappa shape index (κ3) is 9.58. The second kappa shape index (κ2) is 12.8. The van der Waals surface area contributed by atoms with Crippen molar-refractivity contribution in [3.05, 3.63) is 29.8 Å². The summed E-state index contributed by atoms with van der Waals surface area (Å²) >= 11 is 0. The van der Waals surface area contributed by atoms with E-state index < -0.39 is 37.7 Å². The van der Waals surface area contributed by atoms with Gasteiger partial charge in [0.15, 0.2) is 22.4 Å². The first-order valence-electron chi connectivity index (χ1n) is 12.8. The van der Waals surface area contributed by atoms with Gasteiger partial charge in [-0.3, -0.25) is 9.59 Å². The van der Waals surface area contributed by atoms with Crippen LogP contribution in [0.1, 0.15) is 42.5 Å². The van der Waals surface area contributed by atoms with Crippen LogP contribution < -0.4 is 10.1 Å². The molecule has 2 unspecified atom stereocenters. The fourth-order valence-electron chi connectivity index (χ4n) is 4.47. The maximum absolute atomic E-state index is 13.2.